The standard InChI is InChI=1S/C23H29N3O4S/c1-18(27)19-2-4-23(5-3-19)31(28,29)26-16-8-20(9-17-26)25-14-10-22(11-15-25)30-21-6-12-24-13-7-21/h2-7,12-13,20,22H,8-11,14-17H2,1H3. The topological polar surface area (TPSA) is 79.8 Å². The molecule has 2 aromatic rings. The summed E-state index contributed by atoms with van der Waals surface area (Å²) < 4.78 is 33.6. The summed E-state index contributed by atoms with van der Waals surface area (Å²) in [6.07, 6.45) is 7.32. The Morgan fingerprint density at radius 3 is 2.13 bits per heavy atom. The maximum absolute atomic E-state index is 13.0. The number of carbonyl (C=O) groups is 1. The maximum Gasteiger partial charge on any atom is 0.243 e. The average molecular weight is 444 g/mol. The van der Waals surface area contributed by atoms with Gasteiger partial charge in [0.1, 0.15) is 11.9 Å². The largest absolute Gasteiger partial charge is 0.490 e. The van der Waals surface area contributed by atoms with Gasteiger partial charge in [0, 0.05) is 50.2 Å². The lowest BCUT2D eigenvalue weighted by Crippen LogP contribution is -2.50. The molecule has 3 heterocycles. The lowest BCUT2D eigenvalue weighted by atomic mass is 10.00. The Kier molecular flexibility index (Phi) is 6.69. The molecule has 0 amide bonds. The second kappa shape index (κ2) is 9.46. The molecule has 0 unspecified atom stereocenters. The van der Waals surface area contributed by atoms with Crippen molar-refractivity contribution in [1.82, 2.24) is 14.2 Å². The molecule has 4 rings (SSSR count). The van der Waals surface area contributed by atoms with Crippen molar-refractivity contribution in [2.45, 2.75) is 49.6 Å². The Labute approximate surface area is 184 Å². The quantitative estimate of drug-likeness (QED) is 0.639. The molecule has 2 fully saturated rings. The molecule has 1 aromatic carbocycles. The van der Waals surface area contributed by atoms with E-state index in [4.69, 9.17) is 4.74 Å². The molecule has 2 saturated heterocycles. The van der Waals surface area contributed by atoms with Crippen molar-refractivity contribution in [2.75, 3.05) is 26.2 Å². The molecule has 0 radical (unpaired) electrons. The number of likely N-dealkylation sites (tertiary alicyclic amines) is 1. The van der Waals surface area contributed by atoms with Crippen LogP contribution in [0.25, 0.3) is 0 Å². The Morgan fingerprint density at radius 1 is 0.935 bits per heavy atom. The van der Waals surface area contributed by atoms with Crippen LogP contribution in [0.2, 0.25) is 0 Å². The fraction of sp³-hybridized carbons (Fsp3) is 0.478. The van der Waals surface area contributed by atoms with Crippen LogP contribution in [0.15, 0.2) is 53.7 Å². The highest BCUT2D eigenvalue weighted by molar-refractivity contribution is 7.89. The number of nitrogens with zero attached hydrogens (tertiary/aromatic N) is 3. The third kappa shape index (κ3) is 5.14. The Morgan fingerprint density at radius 2 is 1.55 bits per heavy atom. The zero-order valence-corrected chi connectivity index (χ0v) is 18.6. The molecular weight excluding hydrogens is 414 g/mol. The average Bonchev–Trinajstić information content (AvgIpc) is 2.80. The highest BCUT2D eigenvalue weighted by atomic mass is 32.2. The van der Waals surface area contributed by atoms with E-state index < -0.39 is 10.0 Å². The number of sulfonamides is 1. The summed E-state index contributed by atoms with van der Waals surface area (Å²) in [6.45, 7) is 4.46. The van der Waals surface area contributed by atoms with Crippen LogP contribution >= 0.6 is 0 Å². The molecule has 1 aromatic heterocycles. The first-order valence-electron chi connectivity index (χ1n) is 10.9. The van der Waals surface area contributed by atoms with Crippen LogP contribution in [-0.4, -0.2) is 66.7 Å². The lowest BCUT2D eigenvalue weighted by molar-refractivity contribution is 0.0585. The number of aromatic nitrogens is 1. The molecule has 0 bridgehead atoms. The van der Waals surface area contributed by atoms with Gasteiger partial charge < -0.3 is 9.64 Å². The van der Waals surface area contributed by atoms with Crippen LogP contribution in [0.1, 0.15) is 43.0 Å². The van der Waals surface area contributed by atoms with E-state index >= 15 is 0 Å². The zero-order chi connectivity index (χ0) is 21.8. The van der Waals surface area contributed by atoms with Crippen molar-refractivity contribution in [3.63, 3.8) is 0 Å². The van der Waals surface area contributed by atoms with Crippen molar-refractivity contribution in [1.29, 1.82) is 0 Å². The van der Waals surface area contributed by atoms with Crippen LogP contribution in [0.4, 0.5) is 0 Å². The van der Waals surface area contributed by atoms with Gasteiger partial charge in [-0.2, -0.15) is 4.31 Å². The first kappa shape index (κ1) is 21.9. The van der Waals surface area contributed by atoms with E-state index in [2.05, 4.69) is 9.88 Å². The van der Waals surface area contributed by atoms with E-state index in [9.17, 15) is 13.2 Å². The van der Waals surface area contributed by atoms with Crippen molar-refractivity contribution in [3.8, 4) is 5.75 Å². The van der Waals surface area contributed by atoms with Gasteiger partial charge in [-0.1, -0.05) is 12.1 Å². The molecule has 31 heavy (non-hydrogen) atoms. The van der Waals surface area contributed by atoms with Crippen LogP contribution in [0.5, 0.6) is 5.75 Å². The van der Waals surface area contributed by atoms with Gasteiger partial charge in [0.2, 0.25) is 10.0 Å². The summed E-state index contributed by atoms with van der Waals surface area (Å²) in [6, 6.07) is 10.4. The monoisotopic (exact) mass is 443 g/mol. The van der Waals surface area contributed by atoms with Gasteiger partial charge in [-0.15, -0.1) is 0 Å². The molecule has 8 heteroatoms. The summed E-state index contributed by atoms with van der Waals surface area (Å²) in [4.78, 5) is 18.2. The number of hydrogen-bond donors (Lipinski definition) is 0. The first-order chi connectivity index (χ1) is 14.9. The minimum Gasteiger partial charge on any atom is -0.490 e. The SMILES string of the molecule is CC(=O)c1ccc(S(=O)(=O)N2CCC(N3CCC(Oc4ccncc4)CC3)CC2)cc1. The predicted molar refractivity (Wildman–Crippen MR) is 118 cm³/mol. The minimum atomic E-state index is -3.52. The van der Waals surface area contributed by atoms with Crippen molar-refractivity contribution >= 4 is 15.8 Å². The van der Waals surface area contributed by atoms with E-state index in [0.29, 0.717) is 24.7 Å². The number of ether oxygens (including phenoxy) is 1. The van der Waals surface area contributed by atoms with Gasteiger partial charge in [0.05, 0.1) is 4.90 Å². The Hall–Kier alpha value is -2.29. The third-order valence-corrected chi connectivity index (χ3v) is 8.18. The van der Waals surface area contributed by atoms with Gasteiger partial charge in [0.15, 0.2) is 5.78 Å². The van der Waals surface area contributed by atoms with E-state index in [0.717, 1.165) is 44.5 Å². The van der Waals surface area contributed by atoms with Gasteiger partial charge in [-0.25, -0.2) is 8.42 Å². The van der Waals surface area contributed by atoms with Crippen molar-refractivity contribution in [3.05, 3.63) is 54.4 Å². The Bertz CT molecular complexity index is 979. The normalized spacial score (nSPS) is 19.9. The summed E-state index contributed by atoms with van der Waals surface area (Å²) in [5, 5.41) is 0. The fourth-order valence-electron chi connectivity index (χ4n) is 4.43. The molecule has 0 N–H and O–H groups in total. The highest BCUT2D eigenvalue weighted by Gasteiger charge is 2.33. The molecule has 0 saturated carbocycles. The van der Waals surface area contributed by atoms with Gasteiger partial charge >= 0.3 is 0 Å². The van der Waals surface area contributed by atoms with E-state index in [-0.39, 0.29) is 16.8 Å². The van der Waals surface area contributed by atoms with Crippen LogP contribution in [0, 0.1) is 0 Å². The summed E-state index contributed by atoms with van der Waals surface area (Å²) in [7, 11) is -3.52. The van der Waals surface area contributed by atoms with E-state index in [1.165, 1.54) is 19.1 Å². The zero-order valence-electron chi connectivity index (χ0n) is 17.8. The number of benzene rings is 1. The molecule has 0 aliphatic carbocycles. The van der Waals surface area contributed by atoms with E-state index in [1.807, 2.05) is 12.1 Å². The number of rotatable bonds is 6. The first-order valence-corrected chi connectivity index (χ1v) is 12.3. The number of hydrogen-bond acceptors (Lipinski definition) is 6. The number of ketones is 1. The van der Waals surface area contributed by atoms with Crippen LogP contribution < -0.4 is 4.74 Å². The Balaban J connectivity index is 1.28. The fourth-order valence-corrected chi connectivity index (χ4v) is 5.90. The third-order valence-electron chi connectivity index (χ3n) is 6.27. The minimum absolute atomic E-state index is 0.0697. The molecular formula is C23H29N3O4S. The summed E-state index contributed by atoms with van der Waals surface area (Å²) in [5.41, 5.74) is 0.522. The van der Waals surface area contributed by atoms with Crippen molar-refractivity contribution < 1.29 is 17.9 Å². The molecule has 0 spiro atoms. The van der Waals surface area contributed by atoms with Gasteiger partial charge in [-0.05, 0) is 56.9 Å². The second-order valence-electron chi connectivity index (χ2n) is 8.25. The molecule has 2 aliphatic heterocycles. The predicted octanol–water partition coefficient (Wildman–Crippen LogP) is 2.98. The number of carbonyl (C=O) groups excluding carboxylic acids is 1. The number of piperidine rings is 2. The van der Waals surface area contributed by atoms with Gasteiger partial charge in [-0.3, -0.25) is 9.78 Å². The molecule has 2 aliphatic rings. The molecule has 0 atom stereocenters. The van der Waals surface area contributed by atoms with Gasteiger partial charge in [0.25, 0.3) is 0 Å². The highest BCUT2D eigenvalue weighted by Crippen LogP contribution is 2.26. The van der Waals surface area contributed by atoms with E-state index in [1.54, 1.807) is 28.8 Å². The van der Waals surface area contributed by atoms with Crippen LogP contribution in [0.3, 0.4) is 0 Å². The van der Waals surface area contributed by atoms with Crippen molar-refractivity contribution in [2.24, 2.45) is 0 Å². The molecule has 166 valence electrons. The maximum atomic E-state index is 13.0. The molecule has 7 nitrogen and oxygen atoms in total. The summed E-state index contributed by atoms with van der Waals surface area (Å²) >= 11 is 0. The lowest BCUT2D eigenvalue weighted by Gasteiger charge is -2.41. The smallest absolute Gasteiger partial charge is 0.243 e. The number of Topliss-reactive ketones (excluding diaryl/α,β-unsaturated/α-hetero) is 1. The number of pyridine rings is 1. The van der Waals surface area contributed by atoms with Crippen LogP contribution in [-0.2, 0) is 10.0 Å². The summed E-state index contributed by atoms with van der Waals surface area (Å²) in [5.74, 6) is 0.794. The second-order valence-corrected chi connectivity index (χ2v) is 10.2.